The predicted octanol–water partition coefficient (Wildman–Crippen LogP) is -0.699. The number of benzene rings is 1. The average molecular weight is 325 g/mol. The zero-order valence-electron chi connectivity index (χ0n) is 10.4. The van der Waals surface area contributed by atoms with Crippen molar-refractivity contribution >= 4 is 25.6 Å². The molecule has 0 saturated heterocycles. The van der Waals surface area contributed by atoms with E-state index in [-0.39, 0.29) is 18.0 Å². The lowest BCUT2D eigenvalue weighted by molar-refractivity contribution is 0.316. The van der Waals surface area contributed by atoms with Gasteiger partial charge in [0.25, 0.3) is 10.1 Å². The second-order valence-corrected chi connectivity index (χ2v) is 7.60. The Morgan fingerprint density at radius 1 is 1.15 bits per heavy atom. The summed E-state index contributed by atoms with van der Waals surface area (Å²) >= 11 is 0. The van der Waals surface area contributed by atoms with Crippen molar-refractivity contribution in [1.82, 2.24) is 0 Å². The SMILES string of the molecule is Nc1ccc(S(=O)(=O)O)c(OCCS(=O)(=O)CCO)c1. The van der Waals surface area contributed by atoms with E-state index in [1.165, 1.54) is 12.1 Å². The summed E-state index contributed by atoms with van der Waals surface area (Å²) in [6.45, 7) is -0.828. The van der Waals surface area contributed by atoms with E-state index in [1.54, 1.807) is 0 Å². The van der Waals surface area contributed by atoms with E-state index in [4.69, 9.17) is 20.1 Å². The van der Waals surface area contributed by atoms with Crippen LogP contribution in [0.5, 0.6) is 5.75 Å². The minimum Gasteiger partial charge on any atom is -0.491 e. The Labute approximate surface area is 116 Å². The van der Waals surface area contributed by atoms with Crippen LogP contribution in [-0.2, 0) is 20.0 Å². The number of nitrogen functional groups attached to an aromatic ring is 1. The highest BCUT2D eigenvalue weighted by atomic mass is 32.2. The van der Waals surface area contributed by atoms with Crippen LogP contribution in [0.1, 0.15) is 0 Å². The Kier molecular flexibility index (Phi) is 5.34. The molecule has 10 heteroatoms. The monoisotopic (exact) mass is 325 g/mol. The van der Waals surface area contributed by atoms with Crippen molar-refractivity contribution in [2.45, 2.75) is 4.90 Å². The van der Waals surface area contributed by atoms with Crippen molar-refractivity contribution in [3.63, 3.8) is 0 Å². The molecule has 0 atom stereocenters. The zero-order valence-corrected chi connectivity index (χ0v) is 12.0. The molecule has 0 aliphatic rings. The van der Waals surface area contributed by atoms with E-state index in [1.807, 2.05) is 0 Å². The highest BCUT2D eigenvalue weighted by Crippen LogP contribution is 2.26. The third-order valence-corrected chi connectivity index (χ3v) is 4.79. The van der Waals surface area contributed by atoms with Gasteiger partial charge in [-0.3, -0.25) is 4.55 Å². The topological polar surface area (TPSA) is 144 Å². The van der Waals surface area contributed by atoms with Gasteiger partial charge in [0.1, 0.15) is 17.3 Å². The third-order valence-electron chi connectivity index (χ3n) is 2.30. The average Bonchev–Trinajstić information content (AvgIpc) is 2.26. The van der Waals surface area contributed by atoms with Crippen molar-refractivity contribution in [3.05, 3.63) is 18.2 Å². The van der Waals surface area contributed by atoms with Crippen LogP contribution in [0.4, 0.5) is 5.69 Å². The van der Waals surface area contributed by atoms with E-state index in [0.29, 0.717) is 0 Å². The fraction of sp³-hybridized carbons (Fsp3) is 0.400. The molecule has 1 rings (SSSR count). The highest BCUT2D eigenvalue weighted by molar-refractivity contribution is 7.91. The van der Waals surface area contributed by atoms with E-state index < -0.39 is 43.0 Å². The van der Waals surface area contributed by atoms with Crippen molar-refractivity contribution in [2.75, 3.05) is 30.5 Å². The molecule has 114 valence electrons. The second kappa shape index (κ2) is 6.39. The van der Waals surface area contributed by atoms with Gasteiger partial charge in [-0.1, -0.05) is 0 Å². The fourth-order valence-electron chi connectivity index (χ4n) is 1.37. The Hall–Kier alpha value is -1.36. The van der Waals surface area contributed by atoms with Gasteiger partial charge >= 0.3 is 0 Å². The summed E-state index contributed by atoms with van der Waals surface area (Å²) in [5, 5.41) is 8.56. The zero-order chi connectivity index (χ0) is 15.4. The van der Waals surface area contributed by atoms with Crippen LogP contribution in [0, 0.1) is 0 Å². The second-order valence-electron chi connectivity index (χ2n) is 3.91. The molecule has 0 aliphatic carbocycles. The van der Waals surface area contributed by atoms with Crippen LogP contribution in [-0.4, -0.2) is 51.2 Å². The minimum atomic E-state index is -4.50. The van der Waals surface area contributed by atoms with Crippen molar-refractivity contribution in [3.8, 4) is 5.75 Å². The molecule has 0 bridgehead atoms. The summed E-state index contributed by atoms with van der Waals surface area (Å²) in [6, 6.07) is 3.49. The maximum atomic E-state index is 11.3. The Morgan fingerprint density at radius 3 is 2.35 bits per heavy atom. The molecular weight excluding hydrogens is 310 g/mol. The number of sulfone groups is 1. The summed E-state index contributed by atoms with van der Waals surface area (Å²) in [7, 11) is -7.97. The van der Waals surface area contributed by atoms with Gasteiger partial charge in [0, 0.05) is 11.8 Å². The molecule has 0 saturated carbocycles. The van der Waals surface area contributed by atoms with Crippen molar-refractivity contribution in [2.24, 2.45) is 0 Å². The van der Waals surface area contributed by atoms with Gasteiger partial charge in [-0.15, -0.1) is 0 Å². The van der Waals surface area contributed by atoms with Gasteiger partial charge in [-0.2, -0.15) is 8.42 Å². The number of hydrogen-bond donors (Lipinski definition) is 3. The number of anilines is 1. The first kappa shape index (κ1) is 16.7. The molecule has 0 aromatic heterocycles. The standard InChI is InChI=1S/C10H15NO7S2/c11-8-1-2-10(20(15,16)17)9(7-8)18-4-6-19(13,14)5-3-12/h1-2,7,12H,3-6,11H2,(H,15,16,17). The van der Waals surface area contributed by atoms with E-state index >= 15 is 0 Å². The maximum Gasteiger partial charge on any atom is 0.298 e. The van der Waals surface area contributed by atoms with Crippen LogP contribution in [0.25, 0.3) is 0 Å². The largest absolute Gasteiger partial charge is 0.491 e. The molecule has 20 heavy (non-hydrogen) atoms. The van der Waals surface area contributed by atoms with Crippen LogP contribution in [0.2, 0.25) is 0 Å². The van der Waals surface area contributed by atoms with Gasteiger partial charge in [-0.05, 0) is 12.1 Å². The molecule has 0 aliphatic heterocycles. The minimum absolute atomic E-state index is 0.200. The van der Waals surface area contributed by atoms with Gasteiger partial charge in [0.2, 0.25) is 0 Å². The van der Waals surface area contributed by atoms with Crippen LogP contribution in [0.15, 0.2) is 23.1 Å². The van der Waals surface area contributed by atoms with Crippen molar-refractivity contribution < 1.29 is 31.2 Å². The molecule has 4 N–H and O–H groups in total. The van der Waals surface area contributed by atoms with Crippen LogP contribution >= 0.6 is 0 Å². The maximum absolute atomic E-state index is 11.3. The Balaban J connectivity index is 2.86. The van der Waals surface area contributed by atoms with Crippen molar-refractivity contribution in [1.29, 1.82) is 0 Å². The lowest BCUT2D eigenvalue weighted by Gasteiger charge is -2.10. The summed E-state index contributed by atoms with van der Waals surface area (Å²) in [6.07, 6.45) is 0. The molecule has 0 fully saturated rings. The fourth-order valence-corrected chi connectivity index (χ4v) is 2.80. The molecule has 8 nitrogen and oxygen atoms in total. The first-order valence-corrected chi connectivity index (χ1v) is 8.73. The Bertz CT molecular complexity index is 667. The van der Waals surface area contributed by atoms with Crippen LogP contribution in [0.3, 0.4) is 0 Å². The number of rotatable bonds is 7. The normalized spacial score (nSPS) is 12.3. The number of ether oxygens (including phenoxy) is 1. The molecule has 0 spiro atoms. The highest BCUT2D eigenvalue weighted by Gasteiger charge is 2.18. The number of aliphatic hydroxyl groups excluding tert-OH is 1. The van der Waals surface area contributed by atoms with E-state index in [9.17, 15) is 16.8 Å². The first-order chi connectivity index (χ1) is 9.15. The summed E-state index contributed by atoms with van der Waals surface area (Å²) in [5.41, 5.74) is 5.67. The molecule has 0 unspecified atom stereocenters. The summed E-state index contributed by atoms with van der Waals surface area (Å²) in [5.74, 6) is -1.03. The molecule has 0 heterocycles. The lowest BCUT2D eigenvalue weighted by Crippen LogP contribution is -2.19. The third kappa shape index (κ3) is 4.96. The Morgan fingerprint density at radius 2 is 1.80 bits per heavy atom. The van der Waals surface area contributed by atoms with Gasteiger partial charge in [0.05, 0.1) is 18.1 Å². The molecule has 1 aromatic rings. The number of nitrogens with two attached hydrogens (primary N) is 1. The summed E-state index contributed by atoms with van der Waals surface area (Å²) < 4.78 is 58.9. The molecule has 0 amide bonds. The number of aliphatic hydroxyl groups is 1. The number of hydrogen-bond acceptors (Lipinski definition) is 7. The van der Waals surface area contributed by atoms with E-state index in [2.05, 4.69) is 0 Å². The summed E-state index contributed by atoms with van der Waals surface area (Å²) in [4.78, 5) is -0.494. The lowest BCUT2D eigenvalue weighted by atomic mass is 10.3. The molecule has 0 radical (unpaired) electrons. The van der Waals surface area contributed by atoms with Gasteiger partial charge < -0.3 is 15.6 Å². The van der Waals surface area contributed by atoms with Crippen LogP contribution < -0.4 is 10.5 Å². The first-order valence-electron chi connectivity index (χ1n) is 5.47. The molecule has 1 aromatic carbocycles. The van der Waals surface area contributed by atoms with E-state index in [0.717, 1.165) is 6.07 Å². The van der Waals surface area contributed by atoms with Gasteiger partial charge in [0.15, 0.2) is 9.84 Å². The molecular formula is C10H15NO7S2. The van der Waals surface area contributed by atoms with Gasteiger partial charge in [-0.25, -0.2) is 8.42 Å². The predicted molar refractivity (Wildman–Crippen MR) is 71.9 cm³/mol. The quantitative estimate of drug-likeness (QED) is 0.441. The smallest absolute Gasteiger partial charge is 0.298 e.